The molecule has 0 radical (unpaired) electrons. The topological polar surface area (TPSA) is 64.1 Å². The quantitative estimate of drug-likeness (QED) is 0.385. The summed E-state index contributed by atoms with van der Waals surface area (Å²) in [6, 6.07) is 0. The summed E-state index contributed by atoms with van der Waals surface area (Å²) in [4.78, 5) is 0. The molecule has 0 fully saturated rings. The van der Waals surface area contributed by atoms with Gasteiger partial charge in [-0.1, -0.05) is 31.4 Å². The van der Waals surface area contributed by atoms with E-state index in [0.717, 1.165) is 25.9 Å². The van der Waals surface area contributed by atoms with Crippen molar-refractivity contribution in [3.05, 3.63) is 36.2 Å². The fourth-order valence-corrected chi connectivity index (χ4v) is 2.43. The van der Waals surface area contributed by atoms with Gasteiger partial charge < -0.3 is 18.2 Å². The van der Waals surface area contributed by atoms with Gasteiger partial charge in [0.05, 0.1) is 0 Å². The van der Waals surface area contributed by atoms with Gasteiger partial charge in [-0.15, -0.1) is 0 Å². The molecule has 0 aliphatic carbocycles. The molecule has 1 aliphatic rings. The van der Waals surface area contributed by atoms with Crippen molar-refractivity contribution in [2.24, 2.45) is 17.4 Å². The Balaban J connectivity index is 0. The molecular formula is C16H30LiN3. The van der Waals surface area contributed by atoms with Crippen LogP contribution < -0.4 is 35.6 Å². The van der Waals surface area contributed by atoms with Crippen LogP contribution in [0.2, 0.25) is 0 Å². The summed E-state index contributed by atoms with van der Waals surface area (Å²) < 4.78 is 0. The van der Waals surface area contributed by atoms with Gasteiger partial charge >= 0.3 is 18.9 Å². The summed E-state index contributed by atoms with van der Waals surface area (Å²) in [7, 11) is 0. The van der Waals surface area contributed by atoms with Crippen LogP contribution in [0, 0.1) is 5.92 Å². The van der Waals surface area contributed by atoms with Gasteiger partial charge in [-0.05, 0) is 56.8 Å². The molecule has 0 aromatic rings. The van der Waals surface area contributed by atoms with Crippen LogP contribution in [-0.4, -0.2) is 13.1 Å². The first kappa shape index (κ1) is 19.5. The Hall–Kier alpha value is -0.463. The van der Waals surface area contributed by atoms with E-state index in [1.54, 1.807) is 0 Å². The molecule has 1 atom stereocenters. The second-order valence-electron chi connectivity index (χ2n) is 5.13. The summed E-state index contributed by atoms with van der Waals surface area (Å²) in [6.45, 7) is 1.61. The third-order valence-corrected chi connectivity index (χ3v) is 3.55. The van der Waals surface area contributed by atoms with Crippen molar-refractivity contribution < 1.29 is 20.3 Å². The Morgan fingerprint density at radius 2 is 1.55 bits per heavy atom. The van der Waals surface area contributed by atoms with Gasteiger partial charge in [-0.3, -0.25) is 0 Å². The molecule has 0 aromatic carbocycles. The van der Waals surface area contributed by atoms with Crippen molar-refractivity contribution in [2.75, 3.05) is 13.1 Å². The molecule has 3 nitrogen and oxygen atoms in total. The van der Waals surface area contributed by atoms with E-state index in [1.165, 1.54) is 37.8 Å². The van der Waals surface area contributed by atoms with Gasteiger partial charge in [-0.2, -0.15) is 0 Å². The normalized spacial score (nSPS) is 15.0. The van der Waals surface area contributed by atoms with E-state index in [0.29, 0.717) is 5.92 Å². The molecule has 20 heavy (non-hydrogen) atoms. The Bertz CT molecular complexity index is 317. The number of nitrogens with two attached hydrogens (primary N) is 2. The minimum Gasteiger partial charge on any atom is -1.00 e. The van der Waals surface area contributed by atoms with Gasteiger partial charge in [0.1, 0.15) is 0 Å². The number of nitrogens with one attached hydrogen (secondary N) is 1. The standard InChI is InChI=1S/C16H29N3.Li.H/c17-12-6-1-3-9-15(10-5-7-13-18)16-11-4-2-8-14-19-16;;/h2,4,8,11,14-15,19H,1,3,5-7,9-10,12-13,17-18H2;;/q;+1;-1. The van der Waals surface area contributed by atoms with Gasteiger partial charge in [-0.25, -0.2) is 0 Å². The number of rotatable bonds is 10. The zero-order chi connectivity index (χ0) is 13.8. The van der Waals surface area contributed by atoms with Crippen molar-refractivity contribution in [3.8, 4) is 0 Å². The van der Waals surface area contributed by atoms with E-state index in [1.807, 2.05) is 12.3 Å². The largest absolute Gasteiger partial charge is 1.00 e. The molecular weight excluding hydrogens is 241 g/mol. The van der Waals surface area contributed by atoms with Gasteiger partial charge in [0.25, 0.3) is 0 Å². The maximum Gasteiger partial charge on any atom is 1.00 e. The first-order valence-corrected chi connectivity index (χ1v) is 7.58. The zero-order valence-electron chi connectivity index (χ0n) is 14.0. The Morgan fingerprint density at radius 1 is 0.900 bits per heavy atom. The van der Waals surface area contributed by atoms with Gasteiger partial charge in [0.2, 0.25) is 0 Å². The fourth-order valence-electron chi connectivity index (χ4n) is 2.43. The van der Waals surface area contributed by atoms with Crippen molar-refractivity contribution in [1.82, 2.24) is 5.32 Å². The van der Waals surface area contributed by atoms with Gasteiger partial charge in [0, 0.05) is 11.9 Å². The van der Waals surface area contributed by atoms with Crippen molar-refractivity contribution in [1.29, 1.82) is 0 Å². The van der Waals surface area contributed by atoms with Crippen LogP contribution in [0.4, 0.5) is 0 Å². The van der Waals surface area contributed by atoms with E-state index < -0.39 is 0 Å². The van der Waals surface area contributed by atoms with Crippen LogP contribution in [0.15, 0.2) is 36.2 Å². The molecule has 1 aliphatic heterocycles. The summed E-state index contributed by atoms with van der Waals surface area (Å²) in [5.74, 6) is 0.622. The van der Waals surface area contributed by atoms with E-state index >= 15 is 0 Å². The predicted octanol–water partition coefficient (Wildman–Crippen LogP) is -0.0758. The number of hydrogen-bond acceptors (Lipinski definition) is 3. The number of hydrogen-bond donors (Lipinski definition) is 3. The molecule has 110 valence electrons. The zero-order valence-corrected chi connectivity index (χ0v) is 13.0. The average Bonchev–Trinajstić information content (AvgIpc) is 2.70. The summed E-state index contributed by atoms with van der Waals surface area (Å²) in [5.41, 5.74) is 12.5. The second kappa shape index (κ2) is 13.5. The van der Waals surface area contributed by atoms with Crippen molar-refractivity contribution in [2.45, 2.75) is 44.9 Å². The molecule has 4 heteroatoms. The van der Waals surface area contributed by atoms with Crippen LogP contribution in [0.25, 0.3) is 0 Å². The fraction of sp³-hybridized carbons (Fsp3) is 0.625. The smallest absolute Gasteiger partial charge is 1.00 e. The molecule has 0 bridgehead atoms. The summed E-state index contributed by atoms with van der Waals surface area (Å²) in [6.07, 6.45) is 18.9. The van der Waals surface area contributed by atoms with Crippen molar-refractivity contribution >= 4 is 0 Å². The molecule has 0 amide bonds. The Morgan fingerprint density at radius 3 is 2.25 bits per heavy atom. The van der Waals surface area contributed by atoms with Gasteiger partial charge in [0.15, 0.2) is 0 Å². The first-order valence-electron chi connectivity index (χ1n) is 7.58. The molecule has 5 N–H and O–H groups in total. The molecule has 1 rings (SSSR count). The minimum atomic E-state index is 0. The second-order valence-corrected chi connectivity index (χ2v) is 5.13. The third-order valence-electron chi connectivity index (χ3n) is 3.55. The Labute approximate surface area is 137 Å². The maximum absolute atomic E-state index is 5.59. The SMILES string of the molecule is NCCCCCC(CCCCN)C1=CC=CC=CN1.[H-].[Li+]. The molecule has 0 saturated heterocycles. The van der Waals surface area contributed by atoms with Crippen LogP contribution in [0.1, 0.15) is 46.4 Å². The molecule has 0 saturated carbocycles. The van der Waals surface area contributed by atoms with E-state index in [2.05, 4.69) is 23.5 Å². The third kappa shape index (κ3) is 8.66. The molecule has 1 unspecified atom stereocenters. The molecule has 0 spiro atoms. The number of unbranched alkanes of at least 4 members (excludes halogenated alkanes) is 3. The van der Waals surface area contributed by atoms with Crippen LogP contribution in [-0.2, 0) is 0 Å². The molecule has 0 aromatic heterocycles. The maximum atomic E-state index is 5.59. The van der Waals surface area contributed by atoms with Crippen LogP contribution >= 0.6 is 0 Å². The van der Waals surface area contributed by atoms with Crippen LogP contribution in [0.3, 0.4) is 0 Å². The first-order chi connectivity index (χ1) is 9.38. The monoisotopic (exact) mass is 271 g/mol. The number of allylic oxidation sites excluding steroid dienone is 5. The van der Waals surface area contributed by atoms with E-state index in [9.17, 15) is 0 Å². The summed E-state index contributed by atoms with van der Waals surface area (Å²) in [5, 5.41) is 3.41. The van der Waals surface area contributed by atoms with E-state index in [4.69, 9.17) is 11.5 Å². The van der Waals surface area contributed by atoms with Crippen LogP contribution in [0.5, 0.6) is 0 Å². The van der Waals surface area contributed by atoms with Crippen molar-refractivity contribution in [3.63, 3.8) is 0 Å². The summed E-state index contributed by atoms with van der Waals surface area (Å²) >= 11 is 0. The minimum absolute atomic E-state index is 0. The van der Waals surface area contributed by atoms with E-state index in [-0.39, 0.29) is 20.3 Å². The predicted molar refractivity (Wildman–Crippen MR) is 84.5 cm³/mol. The average molecular weight is 271 g/mol. The Kier molecular flexibility index (Phi) is 13.2. The molecule has 1 heterocycles.